The minimum absolute atomic E-state index is 0.268. The van der Waals surface area contributed by atoms with Crippen molar-refractivity contribution >= 4 is 16.7 Å². The van der Waals surface area contributed by atoms with E-state index in [4.69, 9.17) is 0 Å². The van der Waals surface area contributed by atoms with Crippen molar-refractivity contribution in [3.63, 3.8) is 0 Å². The molecule has 0 unspecified atom stereocenters. The molecule has 3 rings (SSSR count). The second-order valence-electron chi connectivity index (χ2n) is 4.60. The standard InChI is InChI=1S/C15H15N3O/c1-10-2-7-13-14(8-10)18-15(17-13)9-16-11-3-5-12(19)6-4-11/h2-8,16,19H,9H2,1H3,(H,17,18). The number of hydrogen-bond acceptors (Lipinski definition) is 3. The molecule has 0 spiro atoms. The van der Waals surface area contributed by atoms with Crippen molar-refractivity contribution in [1.29, 1.82) is 0 Å². The summed E-state index contributed by atoms with van der Waals surface area (Å²) in [4.78, 5) is 7.81. The quantitative estimate of drug-likeness (QED) is 0.628. The van der Waals surface area contributed by atoms with Crippen molar-refractivity contribution in [3.05, 3.63) is 53.9 Å². The van der Waals surface area contributed by atoms with Crippen LogP contribution in [0.4, 0.5) is 5.69 Å². The summed E-state index contributed by atoms with van der Waals surface area (Å²) in [6.07, 6.45) is 0. The first kappa shape index (κ1) is 11.6. The molecule has 3 aromatic rings. The summed E-state index contributed by atoms with van der Waals surface area (Å²) in [5.41, 5.74) is 4.21. The third-order valence-electron chi connectivity index (χ3n) is 3.01. The van der Waals surface area contributed by atoms with E-state index in [9.17, 15) is 5.11 Å². The Labute approximate surface area is 111 Å². The maximum Gasteiger partial charge on any atom is 0.126 e. The van der Waals surface area contributed by atoms with E-state index in [-0.39, 0.29) is 5.75 Å². The van der Waals surface area contributed by atoms with E-state index in [1.54, 1.807) is 12.1 Å². The number of phenolic OH excluding ortho intramolecular Hbond substituents is 1. The smallest absolute Gasteiger partial charge is 0.126 e. The lowest BCUT2D eigenvalue weighted by Crippen LogP contribution is -2.00. The minimum Gasteiger partial charge on any atom is -0.508 e. The van der Waals surface area contributed by atoms with Gasteiger partial charge in [0.2, 0.25) is 0 Å². The zero-order chi connectivity index (χ0) is 13.2. The molecule has 2 aromatic carbocycles. The van der Waals surface area contributed by atoms with Crippen LogP contribution in [0.5, 0.6) is 5.75 Å². The Balaban J connectivity index is 1.76. The topological polar surface area (TPSA) is 60.9 Å². The summed E-state index contributed by atoms with van der Waals surface area (Å²) >= 11 is 0. The number of aromatic hydroxyl groups is 1. The normalized spacial score (nSPS) is 10.8. The highest BCUT2D eigenvalue weighted by Crippen LogP contribution is 2.16. The first-order valence-corrected chi connectivity index (χ1v) is 6.19. The summed E-state index contributed by atoms with van der Waals surface area (Å²) in [5.74, 6) is 1.17. The molecule has 0 amide bonds. The van der Waals surface area contributed by atoms with Gasteiger partial charge in [-0.25, -0.2) is 4.98 Å². The van der Waals surface area contributed by atoms with Crippen LogP contribution in [-0.2, 0) is 6.54 Å². The van der Waals surface area contributed by atoms with E-state index in [0.29, 0.717) is 6.54 Å². The molecule has 4 nitrogen and oxygen atoms in total. The zero-order valence-corrected chi connectivity index (χ0v) is 10.6. The van der Waals surface area contributed by atoms with Crippen LogP contribution in [0.15, 0.2) is 42.5 Å². The fraction of sp³-hybridized carbons (Fsp3) is 0.133. The Morgan fingerprint density at radius 2 is 1.95 bits per heavy atom. The SMILES string of the molecule is Cc1ccc2nc(CNc3ccc(O)cc3)[nH]c2c1. The summed E-state index contributed by atoms with van der Waals surface area (Å²) in [6.45, 7) is 2.69. The van der Waals surface area contributed by atoms with Crippen LogP contribution in [0.25, 0.3) is 11.0 Å². The zero-order valence-electron chi connectivity index (χ0n) is 10.6. The second-order valence-corrected chi connectivity index (χ2v) is 4.60. The maximum absolute atomic E-state index is 9.22. The molecule has 0 bridgehead atoms. The van der Waals surface area contributed by atoms with Crippen molar-refractivity contribution < 1.29 is 5.11 Å². The maximum atomic E-state index is 9.22. The number of fused-ring (bicyclic) bond motifs is 1. The van der Waals surface area contributed by atoms with Crippen molar-refractivity contribution in [2.24, 2.45) is 0 Å². The number of nitrogens with zero attached hydrogens (tertiary/aromatic N) is 1. The first-order valence-electron chi connectivity index (χ1n) is 6.19. The number of phenols is 1. The van der Waals surface area contributed by atoms with Crippen molar-refractivity contribution in [1.82, 2.24) is 9.97 Å². The Kier molecular flexibility index (Phi) is 2.83. The number of anilines is 1. The van der Waals surface area contributed by atoms with Gasteiger partial charge in [-0.3, -0.25) is 0 Å². The highest BCUT2D eigenvalue weighted by atomic mass is 16.3. The van der Waals surface area contributed by atoms with E-state index in [2.05, 4.69) is 34.3 Å². The van der Waals surface area contributed by atoms with E-state index >= 15 is 0 Å². The minimum atomic E-state index is 0.268. The van der Waals surface area contributed by atoms with Crippen molar-refractivity contribution in [2.75, 3.05) is 5.32 Å². The van der Waals surface area contributed by atoms with Crippen LogP contribution in [0, 0.1) is 6.92 Å². The van der Waals surface area contributed by atoms with Gasteiger partial charge in [0.25, 0.3) is 0 Å². The Hall–Kier alpha value is -2.49. The fourth-order valence-corrected chi connectivity index (χ4v) is 2.03. The predicted molar refractivity (Wildman–Crippen MR) is 76.3 cm³/mol. The number of hydrogen-bond donors (Lipinski definition) is 3. The van der Waals surface area contributed by atoms with E-state index in [1.807, 2.05) is 18.2 Å². The van der Waals surface area contributed by atoms with Crippen molar-refractivity contribution in [2.45, 2.75) is 13.5 Å². The van der Waals surface area contributed by atoms with Crippen LogP contribution in [-0.4, -0.2) is 15.1 Å². The van der Waals surface area contributed by atoms with Gasteiger partial charge in [0.1, 0.15) is 11.6 Å². The molecule has 3 N–H and O–H groups in total. The highest BCUT2D eigenvalue weighted by molar-refractivity contribution is 5.75. The molecule has 0 saturated heterocycles. The number of benzene rings is 2. The van der Waals surface area contributed by atoms with Gasteiger partial charge < -0.3 is 15.4 Å². The third kappa shape index (κ3) is 2.52. The molecular weight excluding hydrogens is 238 g/mol. The van der Waals surface area contributed by atoms with Gasteiger partial charge in [-0.05, 0) is 48.9 Å². The van der Waals surface area contributed by atoms with Crippen LogP contribution < -0.4 is 5.32 Å². The Morgan fingerprint density at radius 3 is 2.74 bits per heavy atom. The summed E-state index contributed by atoms with van der Waals surface area (Å²) in [5, 5.41) is 12.5. The molecule has 4 heteroatoms. The van der Waals surface area contributed by atoms with E-state index in [1.165, 1.54) is 5.56 Å². The van der Waals surface area contributed by atoms with E-state index < -0.39 is 0 Å². The molecule has 0 saturated carbocycles. The van der Waals surface area contributed by atoms with Gasteiger partial charge in [-0.15, -0.1) is 0 Å². The largest absolute Gasteiger partial charge is 0.508 e. The molecule has 1 aromatic heterocycles. The summed E-state index contributed by atoms with van der Waals surface area (Å²) < 4.78 is 0. The lowest BCUT2D eigenvalue weighted by atomic mass is 10.2. The summed E-state index contributed by atoms with van der Waals surface area (Å²) in [7, 11) is 0. The van der Waals surface area contributed by atoms with Crippen LogP contribution in [0.1, 0.15) is 11.4 Å². The fourth-order valence-electron chi connectivity index (χ4n) is 2.03. The van der Waals surface area contributed by atoms with Crippen LogP contribution in [0.2, 0.25) is 0 Å². The first-order chi connectivity index (χ1) is 9.20. The number of rotatable bonds is 3. The molecule has 0 aliphatic carbocycles. The lowest BCUT2D eigenvalue weighted by molar-refractivity contribution is 0.475. The molecule has 0 fully saturated rings. The average molecular weight is 253 g/mol. The number of H-pyrrole nitrogens is 1. The van der Waals surface area contributed by atoms with Crippen molar-refractivity contribution in [3.8, 4) is 5.75 Å². The predicted octanol–water partition coefficient (Wildman–Crippen LogP) is 3.19. The van der Waals surface area contributed by atoms with Gasteiger partial charge in [0.05, 0.1) is 17.6 Å². The van der Waals surface area contributed by atoms with Gasteiger partial charge in [0.15, 0.2) is 0 Å². The molecule has 0 aliphatic heterocycles. The highest BCUT2D eigenvalue weighted by Gasteiger charge is 2.02. The number of nitrogens with one attached hydrogen (secondary N) is 2. The number of aryl methyl sites for hydroxylation is 1. The summed E-state index contributed by atoms with van der Waals surface area (Å²) in [6, 6.07) is 13.1. The molecule has 96 valence electrons. The molecule has 0 atom stereocenters. The van der Waals surface area contributed by atoms with Crippen LogP contribution in [0.3, 0.4) is 0 Å². The van der Waals surface area contributed by atoms with Gasteiger partial charge >= 0.3 is 0 Å². The Bertz CT molecular complexity index is 701. The van der Waals surface area contributed by atoms with Crippen LogP contribution >= 0.6 is 0 Å². The number of aromatic amines is 1. The third-order valence-corrected chi connectivity index (χ3v) is 3.01. The van der Waals surface area contributed by atoms with Gasteiger partial charge in [-0.1, -0.05) is 6.07 Å². The molecule has 19 heavy (non-hydrogen) atoms. The average Bonchev–Trinajstić information content (AvgIpc) is 2.80. The Morgan fingerprint density at radius 1 is 1.16 bits per heavy atom. The molecule has 0 radical (unpaired) electrons. The number of imidazole rings is 1. The molecule has 1 heterocycles. The monoisotopic (exact) mass is 253 g/mol. The number of aromatic nitrogens is 2. The van der Waals surface area contributed by atoms with E-state index in [0.717, 1.165) is 22.5 Å². The second kappa shape index (κ2) is 4.65. The lowest BCUT2D eigenvalue weighted by Gasteiger charge is -2.03. The van der Waals surface area contributed by atoms with Gasteiger partial charge in [0, 0.05) is 5.69 Å². The molecule has 0 aliphatic rings. The van der Waals surface area contributed by atoms with Gasteiger partial charge in [-0.2, -0.15) is 0 Å². The molecular formula is C15H15N3O.